The van der Waals surface area contributed by atoms with Gasteiger partial charge in [0.25, 0.3) is 0 Å². The molecular formula is C20H22N2O4S. The highest BCUT2D eigenvalue weighted by molar-refractivity contribution is 8.15. The van der Waals surface area contributed by atoms with Gasteiger partial charge in [-0.1, -0.05) is 54.2 Å². The topological polar surface area (TPSA) is 68.2 Å². The van der Waals surface area contributed by atoms with E-state index in [9.17, 15) is 9.59 Å². The summed E-state index contributed by atoms with van der Waals surface area (Å²) in [5.74, 6) is -0.538. The molecule has 0 aromatic heterocycles. The second kappa shape index (κ2) is 8.54. The molecule has 1 amide bonds. The molecule has 2 aliphatic rings. The predicted octanol–water partition coefficient (Wildman–Crippen LogP) is 2.87. The maximum Gasteiger partial charge on any atom is 0.338 e. The maximum atomic E-state index is 12.7. The van der Waals surface area contributed by atoms with Crippen LogP contribution in [0, 0.1) is 0 Å². The highest BCUT2D eigenvalue weighted by Crippen LogP contribution is 2.36. The van der Waals surface area contributed by atoms with Crippen LogP contribution in [0.5, 0.6) is 0 Å². The van der Waals surface area contributed by atoms with Crippen LogP contribution in [-0.4, -0.2) is 53.6 Å². The van der Waals surface area contributed by atoms with Crippen LogP contribution in [0.15, 0.2) is 52.7 Å². The van der Waals surface area contributed by atoms with Gasteiger partial charge in [0.1, 0.15) is 6.61 Å². The summed E-state index contributed by atoms with van der Waals surface area (Å²) in [5, 5.41) is 0.397. The Morgan fingerprint density at radius 1 is 1.30 bits per heavy atom. The molecule has 0 radical (unpaired) electrons. The number of esters is 1. The fourth-order valence-corrected chi connectivity index (χ4v) is 3.99. The van der Waals surface area contributed by atoms with Gasteiger partial charge in [-0.2, -0.15) is 0 Å². The zero-order valence-corrected chi connectivity index (χ0v) is 16.4. The molecule has 27 heavy (non-hydrogen) atoms. The summed E-state index contributed by atoms with van der Waals surface area (Å²) >= 11 is 1.41. The molecule has 6 nitrogen and oxygen atoms in total. The molecule has 2 atom stereocenters. The van der Waals surface area contributed by atoms with E-state index < -0.39 is 12.0 Å². The Kier molecular flexibility index (Phi) is 6.13. The summed E-state index contributed by atoms with van der Waals surface area (Å²) in [6.45, 7) is 4.08. The van der Waals surface area contributed by atoms with Crippen molar-refractivity contribution in [3.8, 4) is 0 Å². The number of methoxy groups -OCH3 is 1. The van der Waals surface area contributed by atoms with E-state index in [0.717, 1.165) is 5.56 Å². The van der Waals surface area contributed by atoms with Gasteiger partial charge >= 0.3 is 5.97 Å². The molecule has 2 aliphatic heterocycles. The van der Waals surface area contributed by atoms with E-state index in [-0.39, 0.29) is 17.8 Å². The standard InChI is InChI=1S/C20H22N2O4S/c1-13-17(19(24)26-12-11-25-3)16(10-9-15-7-5-4-6-8-15)22-18(23)14(2)27-20(22)21-13/h4-10,14,16H,11-12H2,1-3H3/b10-9+/t14-,16+/m1/s1. The number of nitrogens with zero attached hydrogens (tertiary/aromatic N) is 2. The summed E-state index contributed by atoms with van der Waals surface area (Å²) in [7, 11) is 1.54. The molecule has 7 heteroatoms. The first-order valence-electron chi connectivity index (χ1n) is 8.71. The van der Waals surface area contributed by atoms with E-state index in [1.54, 1.807) is 18.9 Å². The van der Waals surface area contributed by atoms with Crippen molar-refractivity contribution in [2.45, 2.75) is 25.1 Å². The third kappa shape index (κ3) is 4.14. The highest BCUT2D eigenvalue weighted by Gasteiger charge is 2.44. The normalized spacial score (nSPS) is 22.3. The molecule has 3 rings (SSSR count). The molecule has 0 saturated carbocycles. The second-order valence-electron chi connectivity index (χ2n) is 6.21. The first kappa shape index (κ1) is 19.4. The smallest absolute Gasteiger partial charge is 0.338 e. The van der Waals surface area contributed by atoms with Crippen molar-refractivity contribution in [3.05, 3.63) is 53.2 Å². The van der Waals surface area contributed by atoms with Gasteiger partial charge < -0.3 is 9.47 Å². The number of fused-ring (bicyclic) bond motifs is 1. The fourth-order valence-electron chi connectivity index (χ4n) is 2.95. The predicted molar refractivity (Wildman–Crippen MR) is 106 cm³/mol. The van der Waals surface area contributed by atoms with Crippen LogP contribution in [0.2, 0.25) is 0 Å². The zero-order valence-electron chi connectivity index (χ0n) is 15.5. The maximum absolute atomic E-state index is 12.7. The third-order valence-electron chi connectivity index (χ3n) is 4.31. The van der Waals surface area contributed by atoms with Crippen molar-refractivity contribution in [2.24, 2.45) is 4.99 Å². The molecule has 0 spiro atoms. The minimum Gasteiger partial charge on any atom is -0.460 e. The Morgan fingerprint density at radius 2 is 2.04 bits per heavy atom. The molecular weight excluding hydrogens is 364 g/mol. The van der Waals surface area contributed by atoms with E-state index >= 15 is 0 Å². The van der Waals surface area contributed by atoms with Crippen molar-refractivity contribution in [1.82, 2.24) is 4.90 Å². The largest absolute Gasteiger partial charge is 0.460 e. The molecule has 1 fully saturated rings. The first-order valence-corrected chi connectivity index (χ1v) is 9.59. The summed E-state index contributed by atoms with van der Waals surface area (Å²) in [4.78, 5) is 31.5. The number of carbonyl (C=O) groups is 2. The van der Waals surface area contributed by atoms with Crippen molar-refractivity contribution in [3.63, 3.8) is 0 Å². The van der Waals surface area contributed by atoms with E-state index in [1.165, 1.54) is 11.8 Å². The summed E-state index contributed by atoms with van der Waals surface area (Å²) in [5.41, 5.74) is 1.93. The SMILES string of the molecule is COCCOC(=O)C1=C(C)N=C2S[C@H](C)C(=O)N2[C@H]1/C=C/c1ccccc1. The molecule has 142 valence electrons. The van der Waals surface area contributed by atoms with Gasteiger partial charge in [-0.25, -0.2) is 9.79 Å². The van der Waals surface area contributed by atoms with Gasteiger partial charge in [0.2, 0.25) is 5.91 Å². The minimum atomic E-state index is -0.544. The Morgan fingerprint density at radius 3 is 2.74 bits per heavy atom. The molecule has 1 saturated heterocycles. The number of carbonyl (C=O) groups excluding carboxylic acids is 2. The molecule has 1 aromatic rings. The molecule has 0 bridgehead atoms. The zero-order chi connectivity index (χ0) is 19.4. The number of amides is 1. The Bertz CT molecular complexity index is 817. The molecule has 0 aliphatic carbocycles. The lowest BCUT2D eigenvalue weighted by Gasteiger charge is -2.30. The average Bonchev–Trinajstić information content (AvgIpc) is 2.94. The van der Waals surface area contributed by atoms with Gasteiger partial charge in [0.15, 0.2) is 5.17 Å². The van der Waals surface area contributed by atoms with E-state index in [2.05, 4.69) is 4.99 Å². The van der Waals surface area contributed by atoms with E-state index in [1.807, 2.05) is 49.4 Å². The first-order chi connectivity index (χ1) is 13.0. The van der Waals surface area contributed by atoms with E-state index in [0.29, 0.717) is 23.0 Å². The van der Waals surface area contributed by atoms with Crippen molar-refractivity contribution < 1.29 is 19.1 Å². The van der Waals surface area contributed by atoms with Crippen LogP contribution in [0.25, 0.3) is 6.08 Å². The quantitative estimate of drug-likeness (QED) is 0.555. The van der Waals surface area contributed by atoms with Crippen molar-refractivity contribution in [2.75, 3.05) is 20.3 Å². The number of ether oxygens (including phenoxy) is 2. The van der Waals surface area contributed by atoms with Crippen LogP contribution in [0.4, 0.5) is 0 Å². The molecule has 0 N–H and O–H groups in total. The number of benzene rings is 1. The number of rotatable bonds is 6. The summed E-state index contributed by atoms with van der Waals surface area (Å²) < 4.78 is 10.3. The lowest BCUT2D eigenvalue weighted by molar-refractivity contribution is -0.141. The number of amidine groups is 1. The summed E-state index contributed by atoms with van der Waals surface area (Å²) in [6, 6.07) is 9.20. The minimum absolute atomic E-state index is 0.0591. The third-order valence-corrected chi connectivity index (χ3v) is 5.37. The van der Waals surface area contributed by atoms with Gasteiger partial charge in [-0.05, 0) is 19.4 Å². The van der Waals surface area contributed by atoms with Crippen molar-refractivity contribution >= 4 is 34.9 Å². The number of allylic oxidation sites excluding steroid dienone is 1. The van der Waals surface area contributed by atoms with Gasteiger partial charge in [0.05, 0.1) is 29.2 Å². The lowest BCUT2D eigenvalue weighted by Crippen LogP contribution is -2.45. The number of aliphatic imine (C=N–C) groups is 1. The number of hydrogen-bond acceptors (Lipinski definition) is 6. The number of thioether (sulfide) groups is 1. The number of hydrogen-bond donors (Lipinski definition) is 0. The van der Waals surface area contributed by atoms with Crippen molar-refractivity contribution in [1.29, 1.82) is 0 Å². The Balaban J connectivity index is 1.95. The Hall–Kier alpha value is -2.38. The Labute approximate surface area is 162 Å². The lowest BCUT2D eigenvalue weighted by atomic mass is 10.00. The average molecular weight is 386 g/mol. The van der Waals surface area contributed by atoms with Crippen LogP contribution < -0.4 is 0 Å². The monoisotopic (exact) mass is 386 g/mol. The van der Waals surface area contributed by atoms with E-state index in [4.69, 9.17) is 9.47 Å². The second-order valence-corrected chi connectivity index (χ2v) is 7.51. The van der Waals surface area contributed by atoms with Crippen LogP contribution in [0.3, 0.4) is 0 Å². The van der Waals surface area contributed by atoms with Crippen LogP contribution >= 0.6 is 11.8 Å². The van der Waals surface area contributed by atoms with Crippen LogP contribution in [-0.2, 0) is 19.1 Å². The van der Waals surface area contributed by atoms with Gasteiger partial charge in [0, 0.05) is 7.11 Å². The highest BCUT2D eigenvalue weighted by atomic mass is 32.2. The van der Waals surface area contributed by atoms with Crippen LogP contribution in [0.1, 0.15) is 19.4 Å². The molecule has 0 unspecified atom stereocenters. The summed E-state index contributed by atoms with van der Waals surface area (Å²) in [6.07, 6.45) is 3.77. The van der Waals surface area contributed by atoms with Gasteiger partial charge in [-0.15, -0.1) is 0 Å². The van der Waals surface area contributed by atoms with Gasteiger partial charge in [-0.3, -0.25) is 9.69 Å². The molecule has 1 aromatic carbocycles. The fraction of sp³-hybridized carbons (Fsp3) is 0.350. The molecule has 2 heterocycles.